The van der Waals surface area contributed by atoms with Gasteiger partial charge < -0.3 is 30.9 Å². The molecule has 0 radical (unpaired) electrons. The fourth-order valence-corrected chi connectivity index (χ4v) is 3.43. The molecule has 10 nitrogen and oxygen atoms in total. The molecule has 1 aliphatic heterocycles. The summed E-state index contributed by atoms with van der Waals surface area (Å²) >= 11 is 0. The van der Waals surface area contributed by atoms with Crippen molar-refractivity contribution in [3.63, 3.8) is 0 Å². The van der Waals surface area contributed by atoms with Crippen LogP contribution in [0.2, 0.25) is 0 Å². The average molecular weight is 442 g/mol. The number of nitrogens with zero attached hydrogens (tertiary/aromatic N) is 4. The van der Waals surface area contributed by atoms with Crippen LogP contribution in [0.25, 0.3) is 0 Å². The maximum atomic E-state index is 12.0. The van der Waals surface area contributed by atoms with E-state index in [0.29, 0.717) is 12.4 Å². The van der Waals surface area contributed by atoms with Crippen molar-refractivity contribution < 1.29 is 14.3 Å². The molecule has 2 heterocycles. The summed E-state index contributed by atoms with van der Waals surface area (Å²) < 4.78 is 5.66. The van der Waals surface area contributed by atoms with E-state index in [2.05, 4.69) is 20.6 Å². The summed E-state index contributed by atoms with van der Waals surface area (Å²) in [5, 5.41) is 6.16. The lowest BCUT2D eigenvalue weighted by Gasteiger charge is -2.34. The minimum atomic E-state index is -0.666. The number of urea groups is 1. The van der Waals surface area contributed by atoms with Gasteiger partial charge in [-0.2, -0.15) is 0 Å². The van der Waals surface area contributed by atoms with Crippen molar-refractivity contribution in [3.8, 4) is 5.75 Å². The number of carbonyl (C=O) groups is 2. The number of aromatic nitrogens is 2. The number of hydrogen-bond acceptors (Lipinski definition) is 7. The van der Waals surface area contributed by atoms with Gasteiger partial charge in [0.1, 0.15) is 11.6 Å². The Hall–Kier alpha value is -3.56. The lowest BCUT2D eigenvalue weighted by Crippen LogP contribution is -2.50. The second-order valence-corrected chi connectivity index (χ2v) is 8.23. The van der Waals surface area contributed by atoms with Crippen LogP contribution in [0.4, 0.5) is 22.1 Å². The first-order chi connectivity index (χ1) is 15.2. The van der Waals surface area contributed by atoms with Crippen LogP contribution in [0.5, 0.6) is 5.75 Å². The van der Waals surface area contributed by atoms with E-state index >= 15 is 0 Å². The molecule has 1 unspecified atom stereocenters. The fourth-order valence-electron chi connectivity index (χ4n) is 3.43. The molecule has 0 aliphatic carbocycles. The first kappa shape index (κ1) is 23.1. The Morgan fingerprint density at radius 1 is 1.25 bits per heavy atom. The number of carbonyl (C=O) groups excluding carboxylic acids is 2. The van der Waals surface area contributed by atoms with Gasteiger partial charge in [0.15, 0.2) is 11.5 Å². The van der Waals surface area contributed by atoms with Crippen molar-refractivity contribution in [2.45, 2.75) is 38.8 Å². The van der Waals surface area contributed by atoms with Gasteiger partial charge in [-0.25, -0.2) is 14.8 Å². The van der Waals surface area contributed by atoms with Crippen LogP contribution in [0.3, 0.4) is 0 Å². The fraction of sp³-hybridized carbons (Fsp3) is 0.455. The summed E-state index contributed by atoms with van der Waals surface area (Å²) in [6.07, 6.45) is 3.41. The Kier molecular flexibility index (Phi) is 7.34. The first-order valence-corrected chi connectivity index (χ1v) is 10.7. The smallest absolute Gasteiger partial charge is 0.317 e. The zero-order chi connectivity index (χ0) is 23.3. The predicted octanol–water partition coefficient (Wildman–Crippen LogP) is 2.35. The van der Waals surface area contributed by atoms with Crippen molar-refractivity contribution in [2.24, 2.45) is 5.73 Å². The minimum absolute atomic E-state index is 0.00109. The molecule has 1 atom stereocenters. The van der Waals surface area contributed by atoms with E-state index in [1.165, 1.54) is 4.90 Å². The van der Waals surface area contributed by atoms with Gasteiger partial charge in [-0.15, -0.1) is 0 Å². The summed E-state index contributed by atoms with van der Waals surface area (Å²) in [4.78, 5) is 36.4. The first-order valence-electron chi connectivity index (χ1n) is 10.7. The van der Waals surface area contributed by atoms with Crippen LogP contribution in [0, 0.1) is 0 Å². The van der Waals surface area contributed by atoms with E-state index in [-0.39, 0.29) is 29.7 Å². The molecule has 3 amide bonds. The van der Waals surface area contributed by atoms with Crippen molar-refractivity contribution >= 4 is 29.3 Å². The molecule has 0 spiro atoms. The van der Waals surface area contributed by atoms with E-state index in [9.17, 15) is 9.59 Å². The molecule has 1 saturated heterocycles. The van der Waals surface area contributed by atoms with Crippen molar-refractivity contribution in [2.75, 3.05) is 37.4 Å². The monoisotopic (exact) mass is 441 g/mol. The third-order valence-corrected chi connectivity index (χ3v) is 4.96. The number of hydrogen-bond donors (Lipinski definition) is 3. The van der Waals surface area contributed by atoms with Crippen molar-refractivity contribution in [1.82, 2.24) is 20.2 Å². The second-order valence-electron chi connectivity index (χ2n) is 8.23. The summed E-state index contributed by atoms with van der Waals surface area (Å²) in [6.45, 7) is 5.30. The van der Waals surface area contributed by atoms with Gasteiger partial charge in [-0.05, 0) is 51.0 Å². The number of primary amides is 1. The van der Waals surface area contributed by atoms with E-state index in [1.807, 2.05) is 43.0 Å². The minimum Gasteiger partial charge on any atom is -0.491 e. The number of anilines is 3. The molecule has 32 heavy (non-hydrogen) atoms. The van der Waals surface area contributed by atoms with Gasteiger partial charge >= 0.3 is 6.03 Å². The molecular formula is C22H31N7O3. The van der Waals surface area contributed by atoms with Gasteiger partial charge in [-0.3, -0.25) is 4.79 Å². The topological polar surface area (TPSA) is 126 Å². The van der Waals surface area contributed by atoms with Crippen LogP contribution in [0.15, 0.2) is 30.5 Å². The molecule has 0 saturated carbocycles. The van der Waals surface area contributed by atoms with Gasteiger partial charge in [0.05, 0.1) is 12.3 Å². The maximum Gasteiger partial charge on any atom is 0.317 e. The zero-order valence-corrected chi connectivity index (χ0v) is 19.0. The molecule has 1 aromatic carbocycles. The highest BCUT2D eigenvalue weighted by atomic mass is 16.5. The Bertz CT molecular complexity index is 947. The quantitative estimate of drug-likeness (QED) is 0.602. The largest absolute Gasteiger partial charge is 0.491 e. The Morgan fingerprint density at radius 3 is 2.59 bits per heavy atom. The highest BCUT2D eigenvalue weighted by molar-refractivity contribution is 5.96. The van der Waals surface area contributed by atoms with Crippen molar-refractivity contribution in [1.29, 1.82) is 0 Å². The van der Waals surface area contributed by atoms with Gasteiger partial charge in [0, 0.05) is 38.9 Å². The molecular weight excluding hydrogens is 410 g/mol. The molecule has 4 N–H and O–H groups in total. The van der Waals surface area contributed by atoms with E-state index in [4.69, 9.17) is 10.5 Å². The lowest BCUT2D eigenvalue weighted by molar-refractivity contribution is 0.0996. The third kappa shape index (κ3) is 5.99. The zero-order valence-electron chi connectivity index (χ0n) is 19.0. The third-order valence-electron chi connectivity index (χ3n) is 4.96. The number of nitrogens with two attached hydrogens (primary N) is 1. The summed E-state index contributed by atoms with van der Waals surface area (Å²) in [7, 11) is 3.42. The Morgan fingerprint density at radius 2 is 1.97 bits per heavy atom. The second kappa shape index (κ2) is 10.2. The number of ether oxygens (including phenoxy) is 1. The lowest BCUT2D eigenvalue weighted by atomic mass is 10.1. The van der Waals surface area contributed by atoms with E-state index < -0.39 is 5.91 Å². The van der Waals surface area contributed by atoms with Crippen LogP contribution in [0.1, 0.15) is 37.2 Å². The van der Waals surface area contributed by atoms with Crippen LogP contribution in [-0.2, 0) is 0 Å². The molecule has 1 fully saturated rings. The molecule has 1 aromatic heterocycles. The van der Waals surface area contributed by atoms with Crippen LogP contribution in [-0.4, -0.2) is 66.1 Å². The molecule has 172 valence electrons. The summed E-state index contributed by atoms with van der Waals surface area (Å²) in [5.41, 5.74) is 6.30. The standard InChI is InChI=1S/C22H31N7O3/c1-14(2)32-17-9-7-15(8-10-17)25-21-19(20(23)30)24-12-18(27-21)29-11-5-6-16(13-29)26-22(31)28(3)4/h7-10,12,14,16H,5-6,11,13H2,1-4H3,(H2,23,30)(H,25,27)(H,26,31). The number of piperidine rings is 1. The molecule has 10 heteroatoms. The molecule has 0 bridgehead atoms. The Labute approximate surface area is 188 Å². The number of benzene rings is 1. The highest BCUT2D eigenvalue weighted by Crippen LogP contribution is 2.25. The number of rotatable bonds is 7. The van der Waals surface area contributed by atoms with Gasteiger partial charge in [0.25, 0.3) is 5.91 Å². The van der Waals surface area contributed by atoms with Crippen LogP contribution >= 0.6 is 0 Å². The SMILES string of the molecule is CC(C)Oc1ccc(Nc2nc(N3CCCC(NC(=O)N(C)C)C3)cnc2C(N)=O)cc1. The Balaban J connectivity index is 1.78. The van der Waals surface area contributed by atoms with E-state index in [0.717, 1.165) is 30.8 Å². The molecule has 2 aromatic rings. The maximum absolute atomic E-state index is 12.0. The number of nitrogens with one attached hydrogen (secondary N) is 2. The van der Waals surface area contributed by atoms with E-state index in [1.54, 1.807) is 20.3 Å². The van der Waals surface area contributed by atoms with Crippen LogP contribution < -0.4 is 26.0 Å². The average Bonchev–Trinajstić information content (AvgIpc) is 2.74. The predicted molar refractivity (Wildman–Crippen MR) is 123 cm³/mol. The summed E-state index contributed by atoms with van der Waals surface area (Å²) in [6, 6.07) is 7.23. The van der Waals surface area contributed by atoms with Gasteiger partial charge in [-0.1, -0.05) is 0 Å². The van der Waals surface area contributed by atoms with Gasteiger partial charge in [0.2, 0.25) is 0 Å². The molecule has 3 rings (SSSR count). The summed E-state index contributed by atoms with van der Waals surface area (Å²) in [5.74, 6) is 0.980. The molecule has 1 aliphatic rings. The highest BCUT2D eigenvalue weighted by Gasteiger charge is 2.24. The normalized spacial score (nSPS) is 15.9. The number of amides is 3. The van der Waals surface area contributed by atoms with Crippen molar-refractivity contribution in [3.05, 3.63) is 36.2 Å².